The molecule has 84 valence electrons. The molecule has 2 nitrogen and oxygen atoms in total. The number of fused-ring (bicyclic) bond motifs is 1. The fourth-order valence-electron chi connectivity index (χ4n) is 2.09. The highest BCUT2D eigenvalue weighted by atomic mass is 19.1. The van der Waals surface area contributed by atoms with E-state index >= 15 is 0 Å². The number of hydrogen-bond acceptors (Lipinski definition) is 1. The monoisotopic (exact) mass is 226 g/mol. The summed E-state index contributed by atoms with van der Waals surface area (Å²) >= 11 is 0. The van der Waals surface area contributed by atoms with Gasteiger partial charge in [-0.2, -0.15) is 0 Å². The minimum Gasteiger partial charge on any atom is -0.385 e. The van der Waals surface area contributed by atoms with E-state index in [9.17, 15) is 4.39 Å². The van der Waals surface area contributed by atoms with E-state index in [4.69, 9.17) is 5.73 Å². The number of benzene rings is 2. The van der Waals surface area contributed by atoms with Gasteiger partial charge in [-0.05, 0) is 23.8 Å². The minimum atomic E-state index is -0.243. The summed E-state index contributed by atoms with van der Waals surface area (Å²) in [5, 5.41) is 1.05. The normalized spacial score (nSPS) is 10.9. The highest BCUT2D eigenvalue weighted by molar-refractivity contribution is 6.01. The smallest absolute Gasteiger partial charge is 0.123 e. The number of aromatic nitrogens is 1. The average molecular weight is 226 g/mol. The van der Waals surface area contributed by atoms with Gasteiger partial charge in [-0.25, -0.2) is 4.39 Å². The molecule has 0 saturated carbocycles. The van der Waals surface area contributed by atoms with E-state index in [0.29, 0.717) is 5.82 Å². The van der Waals surface area contributed by atoms with E-state index in [-0.39, 0.29) is 5.82 Å². The van der Waals surface area contributed by atoms with Gasteiger partial charge in [-0.1, -0.05) is 30.3 Å². The van der Waals surface area contributed by atoms with Crippen LogP contribution in [0.2, 0.25) is 0 Å². The maximum Gasteiger partial charge on any atom is 0.123 e. The van der Waals surface area contributed by atoms with Crippen LogP contribution in [0.25, 0.3) is 22.0 Å². The second-order valence-electron chi connectivity index (χ2n) is 3.97. The molecule has 0 atom stereocenters. The summed E-state index contributed by atoms with van der Waals surface area (Å²) in [5.41, 5.74) is 8.81. The van der Waals surface area contributed by atoms with E-state index < -0.39 is 0 Å². The molecule has 0 radical (unpaired) electrons. The number of H-pyrrole nitrogens is 1. The third kappa shape index (κ3) is 1.56. The van der Waals surface area contributed by atoms with Crippen molar-refractivity contribution in [2.24, 2.45) is 0 Å². The molecular weight excluding hydrogens is 215 g/mol. The van der Waals surface area contributed by atoms with Gasteiger partial charge in [-0.15, -0.1) is 0 Å². The van der Waals surface area contributed by atoms with Crippen molar-refractivity contribution in [3.63, 3.8) is 0 Å². The van der Waals surface area contributed by atoms with Crippen molar-refractivity contribution in [1.82, 2.24) is 4.98 Å². The van der Waals surface area contributed by atoms with Gasteiger partial charge in [-0.3, -0.25) is 0 Å². The molecular formula is C14H11FN2. The first kappa shape index (κ1) is 9.90. The van der Waals surface area contributed by atoms with Gasteiger partial charge in [0.25, 0.3) is 0 Å². The molecule has 0 fully saturated rings. The zero-order chi connectivity index (χ0) is 11.8. The standard InChI is InChI=1S/C14H11FN2/c15-10-7-5-9(6-8-10)13-11-3-1-2-4-12(11)17-14(13)16/h1-8,17H,16H2. The maximum absolute atomic E-state index is 12.9. The molecule has 0 aliphatic carbocycles. The fourth-order valence-corrected chi connectivity index (χ4v) is 2.09. The van der Waals surface area contributed by atoms with E-state index in [1.165, 1.54) is 12.1 Å². The molecule has 17 heavy (non-hydrogen) atoms. The maximum atomic E-state index is 12.9. The number of aromatic amines is 1. The van der Waals surface area contributed by atoms with Crippen molar-refractivity contribution in [2.45, 2.75) is 0 Å². The molecule has 0 aliphatic heterocycles. The van der Waals surface area contributed by atoms with Crippen LogP contribution in [0.5, 0.6) is 0 Å². The zero-order valence-corrected chi connectivity index (χ0v) is 9.07. The van der Waals surface area contributed by atoms with Crippen LogP contribution < -0.4 is 5.73 Å². The Labute approximate surface area is 97.9 Å². The number of para-hydroxylation sites is 1. The van der Waals surface area contributed by atoms with E-state index in [0.717, 1.165) is 22.0 Å². The van der Waals surface area contributed by atoms with E-state index in [1.807, 2.05) is 24.3 Å². The van der Waals surface area contributed by atoms with E-state index in [1.54, 1.807) is 12.1 Å². The summed E-state index contributed by atoms with van der Waals surface area (Å²) in [6.45, 7) is 0. The molecule has 2 aromatic carbocycles. The minimum absolute atomic E-state index is 0.243. The predicted molar refractivity (Wildman–Crippen MR) is 68.1 cm³/mol. The van der Waals surface area contributed by atoms with Crippen LogP contribution in [-0.2, 0) is 0 Å². The molecule has 0 spiro atoms. The molecule has 1 aromatic heterocycles. The van der Waals surface area contributed by atoms with Crippen LogP contribution in [0.3, 0.4) is 0 Å². The lowest BCUT2D eigenvalue weighted by Gasteiger charge is -2.01. The molecule has 3 N–H and O–H groups in total. The van der Waals surface area contributed by atoms with Crippen LogP contribution in [-0.4, -0.2) is 4.98 Å². The second kappa shape index (κ2) is 3.63. The third-order valence-electron chi connectivity index (χ3n) is 2.87. The van der Waals surface area contributed by atoms with Crippen LogP contribution in [0, 0.1) is 5.82 Å². The molecule has 0 saturated heterocycles. The summed E-state index contributed by atoms with van der Waals surface area (Å²) < 4.78 is 12.9. The Morgan fingerprint density at radius 1 is 0.941 bits per heavy atom. The quantitative estimate of drug-likeness (QED) is 0.654. The Bertz CT molecular complexity index is 668. The number of nitrogen functional groups attached to an aromatic ring is 1. The number of nitrogens with two attached hydrogens (primary N) is 1. The number of rotatable bonds is 1. The topological polar surface area (TPSA) is 41.8 Å². The van der Waals surface area contributed by atoms with Crippen molar-refractivity contribution < 1.29 is 4.39 Å². The predicted octanol–water partition coefficient (Wildman–Crippen LogP) is 3.56. The molecule has 0 unspecified atom stereocenters. The SMILES string of the molecule is Nc1[nH]c2ccccc2c1-c1ccc(F)cc1. The van der Waals surface area contributed by atoms with Crippen molar-refractivity contribution in [2.75, 3.05) is 5.73 Å². The molecule has 3 aromatic rings. The molecule has 0 amide bonds. The number of halogens is 1. The zero-order valence-electron chi connectivity index (χ0n) is 9.07. The van der Waals surface area contributed by atoms with Crippen LogP contribution in [0.4, 0.5) is 10.2 Å². The number of hydrogen-bond donors (Lipinski definition) is 2. The Morgan fingerprint density at radius 3 is 2.41 bits per heavy atom. The van der Waals surface area contributed by atoms with Crippen LogP contribution in [0.15, 0.2) is 48.5 Å². The first-order valence-electron chi connectivity index (χ1n) is 5.38. The molecule has 0 aliphatic rings. The molecule has 0 bridgehead atoms. The van der Waals surface area contributed by atoms with Crippen LogP contribution >= 0.6 is 0 Å². The van der Waals surface area contributed by atoms with Crippen molar-refractivity contribution in [3.05, 3.63) is 54.3 Å². The number of nitrogens with one attached hydrogen (secondary N) is 1. The summed E-state index contributed by atoms with van der Waals surface area (Å²) in [6, 6.07) is 14.2. The lowest BCUT2D eigenvalue weighted by atomic mass is 10.0. The Balaban J connectivity index is 2.29. The third-order valence-corrected chi connectivity index (χ3v) is 2.87. The summed E-state index contributed by atoms with van der Waals surface area (Å²) in [5.74, 6) is 0.366. The molecule has 3 rings (SSSR count). The summed E-state index contributed by atoms with van der Waals surface area (Å²) in [6.07, 6.45) is 0. The van der Waals surface area contributed by atoms with Gasteiger partial charge < -0.3 is 10.7 Å². The first-order chi connectivity index (χ1) is 8.25. The Hall–Kier alpha value is -2.29. The number of anilines is 1. The van der Waals surface area contributed by atoms with Gasteiger partial charge in [0.1, 0.15) is 11.6 Å². The van der Waals surface area contributed by atoms with Crippen molar-refractivity contribution >= 4 is 16.7 Å². The van der Waals surface area contributed by atoms with Gasteiger partial charge in [0.05, 0.1) is 0 Å². The first-order valence-corrected chi connectivity index (χ1v) is 5.38. The average Bonchev–Trinajstić information content (AvgIpc) is 2.66. The highest BCUT2D eigenvalue weighted by Crippen LogP contribution is 2.33. The molecule has 1 heterocycles. The fraction of sp³-hybridized carbons (Fsp3) is 0. The van der Waals surface area contributed by atoms with Gasteiger partial charge in [0, 0.05) is 16.5 Å². The Morgan fingerprint density at radius 2 is 1.65 bits per heavy atom. The highest BCUT2D eigenvalue weighted by Gasteiger charge is 2.10. The lowest BCUT2D eigenvalue weighted by Crippen LogP contribution is -1.87. The second-order valence-corrected chi connectivity index (χ2v) is 3.97. The largest absolute Gasteiger partial charge is 0.385 e. The van der Waals surface area contributed by atoms with Gasteiger partial charge >= 0.3 is 0 Å². The van der Waals surface area contributed by atoms with Crippen molar-refractivity contribution in [1.29, 1.82) is 0 Å². The lowest BCUT2D eigenvalue weighted by molar-refractivity contribution is 0.628. The van der Waals surface area contributed by atoms with Crippen LogP contribution in [0.1, 0.15) is 0 Å². The summed E-state index contributed by atoms with van der Waals surface area (Å²) in [7, 11) is 0. The van der Waals surface area contributed by atoms with Gasteiger partial charge in [0.15, 0.2) is 0 Å². The summed E-state index contributed by atoms with van der Waals surface area (Å²) in [4.78, 5) is 3.12. The Kier molecular flexibility index (Phi) is 2.11. The molecule has 3 heteroatoms. The van der Waals surface area contributed by atoms with E-state index in [2.05, 4.69) is 4.98 Å². The van der Waals surface area contributed by atoms with Crippen molar-refractivity contribution in [3.8, 4) is 11.1 Å². The van der Waals surface area contributed by atoms with Gasteiger partial charge in [0.2, 0.25) is 0 Å².